The summed E-state index contributed by atoms with van der Waals surface area (Å²) in [6.07, 6.45) is 3.74. The number of hydrogen-bond donors (Lipinski definition) is 0. The van der Waals surface area contributed by atoms with Gasteiger partial charge in [-0.1, -0.05) is 36.8 Å². The molecule has 1 unspecified atom stereocenters. The molecule has 1 saturated heterocycles. The lowest BCUT2D eigenvalue weighted by Gasteiger charge is -2.31. The molecule has 122 valence electrons. The van der Waals surface area contributed by atoms with E-state index in [1.807, 2.05) is 18.2 Å². The van der Waals surface area contributed by atoms with Gasteiger partial charge < -0.3 is 9.64 Å². The predicted octanol–water partition coefficient (Wildman–Crippen LogP) is 2.33. The van der Waals surface area contributed by atoms with E-state index in [2.05, 4.69) is 22.1 Å². The van der Waals surface area contributed by atoms with Crippen LogP contribution in [0.4, 0.5) is 0 Å². The van der Waals surface area contributed by atoms with Gasteiger partial charge in [0.25, 0.3) is 5.56 Å². The van der Waals surface area contributed by atoms with E-state index in [1.165, 1.54) is 25.3 Å². The van der Waals surface area contributed by atoms with Crippen molar-refractivity contribution in [3.63, 3.8) is 0 Å². The highest BCUT2D eigenvalue weighted by Crippen LogP contribution is 2.20. The van der Waals surface area contributed by atoms with E-state index < -0.39 is 0 Å². The van der Waals surface area contributed by atoms with Gasteiger partial charge >= 0.3 is 0 Å². The standard InChI is InChI=1S/C18H23N3O2/c1-23-17-10-11-18(22)21(19-17)16(15-8-4-2-5-9-15)14-20-12-6-3-7-13-20/h2,4-5,8-11,16H,3,6-7,12-14H2,1H3. The maximum absolute atomic E-state index is 12.4. The van der Waals surface area contributed by atoms with E-state index in [0.29, 0.717) is 5.88 Å². The number of hydrogen-bond acceptors (Lipinski definition) is 4. The molecule has 1 aromatic heterocycles. The molecule has 1 atom stereocenters. The van der Waals surface area contributed by atoms with Crippen molar-refractivity contribution < 1.29 is 4.74 Å². The Bertz CT molecular complexity index is 678. The molecular formula is C18H23N3O2. The Morgan fingerprint density at radius 2 is 1.83 bits per heavy atom. The fourth-order valence-electron chi connectivity index (χ4n) is 3.13. The largest absolute Gasteiger partial charge is 0.480 e. The summed E-state index contributed by atoms with van der Waals surface area (Å²) in [5, 5.41) is 4.39. The minimum Gasteiger partial charge on any atom is -0.480 e. The van der Waals surface area contributed by atoms with Gasteiger partial charge in [0.05, 0.1) is 13.2 Å². The Kier molecular flexibility index (Phi) is 5.08. The minimum absolute atomic E-state index is 0.100. The first-order valence-corrected chi connectivity index (χ1v) is 8.19. The molecule has 1 aromatic carbocycles. The number of methoxy groups -OCH3 is 1. The summed E-state index contributed by atoms with van der Waals surface area (Å²) in [4.78, 5) is 14.8. The van der Waals surface area contributed by atoms with Gasteiger partial charge in [0.2, 0.25) is 5.88 Å². The molecule has 0 spiro atoms. The van der Waals surface area contributed by atoms with Gasteiger partial charge in [-0.25, -0.2) is 4.68 Å². The van der Waals surface area contributed by atoms with Crippen LogP contribution < -0.4 is 10.3 Å². The second kappa shape index (κ2) is 7.42. The summed E-state index contributed by atoms with van der Waals surface area (Å²) in [7, 11) is 1.57. The topological polar surface area (TPSA) is 47.4 Å². The van der Waals surface area contributed by atoms with Crippen molar-refractivity contribution in [3.05, 3.63) is 58.4 Å². The van der Waals surface area contributed by atoms with Crippen molar-refractivity contribution >= 4 is 0 Å². The molecule has 5 heteroatoms. The van der Waals surface area contributed by atoms with Gasteiger partial charge in [0.15, 0.2) is 0 Å². The van der Waals surface area contributed by atoms with Crippen LogP contribution in [-0.4, -0.2) is 41.4 Å². The van der Waals surface area contributed by atoms with E-state index in [4.69, 9.17) is 4.74 Å². The van der Waals surface area contributed by atoms with Crippen LogP contribution in [0, 0.1) is 0 Å². The summed E-state index contributed by atoms with van der Waals surface area (Å²) < 4.78 is 6.76. The highest BCUT2D eigenvalue weighted by atomic mass is 16.5. The quantitative estimate of drug-likeness (QED) is 0.850. The third kappa shape index (κ3) is 3.79. The molecular weight excluding hydrogens is 290 g/mol. The zero-order valence-corrected chi connectivity index (χ0v) is 13.5. The Balaban J connectivity index is 1.96. The zero-order valence-electron chi connectivity index (χ0n) is 13.5. The molecule has 0 amide bonds. The van der Waals surface area contributed by atoms with Crippen molar-refractivity contribution in [1.29, 1.82) is 0 Å². The third-order valence-corrected chi connectivity index (χ3v) is 4.37. The fourth-order valence-corrected chi connectivity index (χ4v) is 3.13. The molecule has 3 rings (SSSR count). The van der Waals surface area contributed by atoms with E-state index in [9.17, 15) is 4.79 Å². The van der Waals surface area contributed by atoms with Crippen LogP contribution in [0.25, 0.3) is 0 Å². The number of piperidine rings is 1. The van der Waals surface area contributed by atoms with Gasteiger partial charge in [-0.15, -0.1) is 5.10 Å². The van der Waals surface area contributed by atoms with Crippen LogP contribution in [0.5, 0.6) is 5.88 Å². The Morgan fingerprint density at radius 3 is 2.52 bits per heavy atom. The summed E-state index contributed by atoms with van der Waals surface area (Å²) in [5.74, 6) is 0.462. The van der Waals surface area contributed by atoms with E-state index in [1.54, 1.807) is 17.9 Å². The monoisotopic (exact) mass is 313 g/mol. The van der Waals surface area contributed by atoms with Crippen LogP contribution in [0.15, 0.2) is 47.3 Å². The average Bonchev–Trinajstić information content (AvgIpc) is 2.62. The SMILES string of the molecule is COc1ccc(=O)n(C(CN2CCCCC2)c2ccccc2)n1. The molecule has 5 nitrogen and oxygen atoms in total. The number of rotatable bonds is 5. The van der Waals surface area contributed by atoms with E-state index in [0.717, 1.165) is 25.2 Å². The zero-order chi connectivity index (χ0) is 16.1. The second-order valence-corrected chi connectivity index (χ2v) is 5.95. The molecule has 0 N–H and O–H groups in total. The molecule has 0 bridgehead atoms. The molecule has 0 saturated carbocycles. The van der Waals surface area contributed by atoms with E-state index >= 15 is 0 Å². The lowest BCUT2D eigenvalue weighted by molar-refractivity contribution is 0.199. The Labute approximate surface area is 136 Å². The summed E-state index contributed by atoms with van der Waals surface area (Å²) in [6.45, 7) is 2.97. The van der Waals surface area contributed by atoms with Crippen molar-refractivity contribution in [2.45, 2.75) is 25.3 Å². The number of nitrogens with zero attached hydrogens (tertiary/aromatic N) is 3. The molecule has 2 aromatic rings. The number of benzene rings is 1. The average molecular weight is 313 g/mol. The molecule has 0 radical (unpaired) electrons. The molecule has 1 aliphatic rings. The first-order chi connectivity index (χ1) is 11.3. The summed E-state index contributed by atoms with van der Waals surface area (Å²) >= 11 is 0. The Morgan fingerprint density at radius 1 is 1.09 bits per heavy atom. The second-order valence-electron chi connectivity index (χ2n) is 5.95. The van der Waals surface area contributed by atoms with Crippen LogP contribution >= 0.6 is 0 Å². The Hall–Kier alpha value is -2.14. The smallest absolute Gasteiger partial charge is 0.267 e. The molecule has 1 aliphatic heterocycles. The molecule has 0 aliphatic carbocycles. The number of ether oxygens (including phenoxy) is 1. The van der Waals surface area contributed by atoms with Gasteiger partial charge in [0, 0.05) is 18.7 Å². The predicted molar refractivity (Wildman–Crippen MR) is 89.9 cm³/mol. The normalized spacial score (nSPS) is 16.9. The maximum atomic E-state index is 12.4. The van der Waals surface area contributed by atoms with Gasteiger partial charge in [-0.3, -0.25) is 4.79 Å². The molecule has 2 heterocycles. The highest BCUT2D eigenvalue weighted by Gasteiger charge is 2.21. The first-order valence-electron chi connectivity index (χ1n) is 8.19. The number of aromatic nitrogens is 2. The maximum Gasteiger partial charge on any atom is 0.267 e. The minimum atomic E-state index is -0.100. The van der Waals surface area contributed by atoms with Gasteiger partial charge in [-0.05, 0) is 31.5 Å². The van der Waals surface area contributed by atoms with Crippen molar-refractivity contribution in [2.24, 2.45) is 0 Å². The number of likely N-dealkylation sites (tertiary alicyclic amines) is 1. The van der Waals surface area contributed by atoms with Crippen LogP contribution in [0.3, 0.4) is 0 Å². The lowest BCUT2D eigenvalue weighted by atomic mass is 10.0. The van der Waals surface area contributed by atoms with Crippen molar-refractivity contribution in [2.75, 3.05) is 26.7 Å². The van der Waals surface area contributed by atoms with Crippen molar-refractivity contribution in [1.82, 2.24) is 14.7 Å². The van der Waals surface area contributed by atoms with Crippen LogP contribution in [-0.2, 0) is 0 Å². The molecule has 1 fully saturated rings. The van der Waals surface area contributed by atoms with Crippen LogP contribution in [0.2, 0.25) is 0 Å². The molecule has 23 heavy (non-hydrogen) atoms. The van der Waals surface area contributed by atoms with E-state index in [-0.39, 0.29) is 11.6 Å². The first kappa shape index (κ1) is 15.7. The third-order valence-electron chi connectivity index (χ3n) is 4.37. The highest BCUT2D eigenvalue weighted by molar-refractivity contribution is 5.21. The van der Waals surface area contributed by atoms with Crippen LogP contribution in [0.1, 0.15) is 30.9 Å². The summed E-state index contributed by atoms with van der Waals surface area (Å²) in [6, 6.07) is 13.2. The van der Waals surface area contributed by atoms with Gasteiger partial charge in [0.1, 0.15) is 0 Å². The van der Waals surface area contributed by atoms with Crippen molar-refractivity contribution in [3.8, 4) is 5.88 Å². The van der Waals surface area contributed by atoms with Gasteiger partial charge in [-0.2, -0.15) is 0 Å². The summed E-state index contributed by atoms with van der Waals surface area (Å²) in [5.41, 5.74) is 0.998. The fraction of sp³-hybridized carbons (Fsp3) is 0.444. The lowest BCUT2D eigenvalue weighted by Crippen LogP contribution is -2.39.